The van der Waals surface area contributed by atoms with Gasteiger partial charge in [-0.1, -0.05) is 18.2 Å². The smallest absolute Gasteiger partial charge is 0.338 e. The normalized spacial score (nSPS) is 10.0. The number of carbonyl (C=O) groups excluding carboxylic acids is 1. The highest BCUT2D eigenvalue weighted by molar-refractivity contribution is 8.00. The van der Waals surface area contributed by atoms with Crippen LogP contribution < -0.4 is 4.72 Å². The van der Waals surface area contributed by atoms with Crippen molar-refractivity contribution in [1.82, 2.24) is 0 Å². The molecule has 2 aromatic rings. The molecule has 0 aliphatic rings. The molecule has 0 radical (unpaired) electrons. The van der Waals surface area contributed by atoms with Crippen molar-refractivity contribution < 1.29 is 14.5 Å². The lowest BCUT2D eigenvalue weighted by Crippen LogP contribution is -2.04. The Hall–Kier alpha value is -2.54. The van der Waals surface area contributed by atoms with E-state index in [9.17, 15) is 14.9 Å². The molecule has 0 heterocycles. The highest BCUT2D eigenvalue weighted by atomic mass is 32.2. The molecule has 0 aromatic heterocycles. The van der Waals surface area contributed by atoms with Crippen LogP contribution in [0.15, 0.2) is 53.4 Å². The predicted molar refractivity (Wildman–Crippen MR) is 85.0 cm³/mol. The van der Waals surface area contributed by atoms with E-state index in [0.29, 0.717) is 22.8 Å². The minimum absolute atomic E-state index is 0.0292. The Bertz CT molecular complexity index is 691. The second-order valence-electron chi connectivity index (χ2n) is 4.23. The number of anilines is 1. The molecule has 0 saturated heterocycles. The predicted octanol–water partition coefficient (Wildman–Crippen LogP) is 3.89. The van der Waals surface area contributed by atoms with Crippen molar-refractivity contribution in [1.29, 1.82) is 0 Å². The van der Waals surface area contributed by atoms with Crippen LogP contribution >= 0.6 is 11.9 Å². The molecular formula is C15H14N2O4S. The first-order valence-corrected chi connectivity index (χ1v) is 7.37. The Morgan fingerprint density at radius 2 is 2.05 bits per heavy atom. The number of nitro benzene ring substituents is 1. The van der Waals surface area contributed by atoms with Crippen LogP contribution in [0.25, 0.3) is 0 Å². The molecule has 0 amide bonds. The van der Waals surface area contributed by atoms with Crippen LogP contribution in [0.1, 0.15) is 17.3 Å². The van der Waals surface area contributed by atoms with Crippen LogP contribution in [0.4, 0.5) is 11.4 Å². The van der Waals surface area contributed by atoms with E-state index in [4.69, 9.17) is 4.74 Å². The molecule has 0 saturated carbocycles. The van der Waals surface area contributed by atoms with Crippen molar-refractivity contribution in [2.24, 2.45) is 0 Å². The summed E-state index contributed by atoms with van der Waals surface area (Å²) in [4.78, 5) is 22.7. The number of esters is 1. The maximum Gasteiger partial charge on any atom is 0.338 e. The molecule has 0 aliphatic heterocycles. The topological polar surface area (TPSA) is 81.5 Å². The number of para-hydroxylation sites is 1. The van der Waals surface area contributed by atoms with Gasteiger partial charge in [-0.25, -0.2) is 4.79 Å². The van der Waals surface area contributed by atoms with Gasteiger partial charge in [-0.2, -0.15) is 0 Å². The number of nitro groups is 1. The lowest BCUT2D eigenvalue weighted by molar-refractivity contribution is -0.387. The number of carbonyl (C=O) groups is 1. The molecular weight excluding hydrogens is 304 g/mol. The fourth-order valence-electron chi connectivity index (χ4n) is 1.73. The van der Waals surface area contributed by atoms with Gasteiger partial charge in [0.25, 0.3) is 5.69 Å². The van der Waals surface area contributed by atoms with Crippen LogP contribution in [-0.4, -0.2) is 17.5 Å². The van der Waals surface area contributed by atoms with Gasteiger partial charge in [-0.3, -0.25) is 10.1 Å². The first-order chi connectivity index (χ1) is 10.6. The van der Waals surface area contributed by atoms with E-state index in [-0.39, 0.29) is 5.69 Å². The molecule has 7 heteroatoms. The molecule has 0 spiro atoms. The average Bonchev–Trinajstić information content (AvgIpc) is 2.53. The van der Waals surface area contributed by atoms with Gasteiger partial charge in [0.05, 0.1) is 17.1 Å². The third kappa shape index (κ3) is 3.98. The zero-order valence-electron chi connectivity index (χ0n) is 11.8. The van der Waals surface area contributed by atoms with E-state index in [0.717, 1.165) is 11.9 Å². The standard InChI is InChI=1S/C15H14N2O4S/c1-2-21-15(18)11-6-5-7-12(10-11)16-22-14-9-4-3-8-13(14)17(19)20/h3-10,16H,2H2,1H3. The van der Waals surface area contributed by atoms with Crippen LogP contribution in [0.5, 0.6) is 0 Å². The quantitative estimate of drug-likeness (QED) is 0.376. The van der Waals surface area contributed by atoms with Gasteiger partial charge in [0, 0.05) is 11.8 Å². The molecule has 0 fully saturated rings. The van der Waals surface area contributed by atoms with E-state index in [1.54, 1.807) is 49.4 Å². The van der Waals surface area contributed by atoms with E-state index >= 15 is 0 Å². The molecule has 22 heavy (non-hydrogen) atoms. The Morgan fingerprint density at radius 3 is 2.77 bits per heavy atom. The number of benzene rings is 2. The second kappa shape index (κ2) is 7.46. The summed E-state index contributed by atoms with van der Waals surface area (Å²) in [5.74, 6) is -0.401. The molecule has 0 unspecified atom stereocenters. The van der Waals surface area contributed by atoms with Gasteiger partial charge in [0.2, 0.25) is 0 Å². The summed E-state index contributed by atoms with van der Waals surface area (Å²) in [5, 5.41) is 11.0. The monoisotopic (exact) mass is 318 g/mol. The highest BCUT2D eigenvalue weighted by Gasteiger charge is 2.13. The first-order valence-electron chi connectivity index (χ1n) is 6.55. The number of nitrogens with one attached hydrogen (secondary N) is 1. The van der Waals surface area contributed by atoms with Crippen LogP contribution in [0, 0.1) is 10.1 Å². The van der Waals surface area contributed by atoms with Gasteiger partial charge < -0.3 is 9.46 Å². The number of hydrogen-bond acceptors (Lipinski definition) is 6. The Morgan fingerprint density at radius 1 is 1.27 bits per heavy atom. The zero-order valence-corrected chi connectivity index (χ0v) is 12.6. The molecule has 2 aromatic carbocycles. The fourth-order valence-corrected chi connectivity index (χ4v) is 2.48. The molecule has 0 atom stereocenters. The van der Waals surface area contributed by atoms with Gasteiger partial charge in [-0.15, -0.1) is 0 Å². The number of rotatable bonds is 6. The van der Waals surface area contributed by atoms with E-state index < -0.39 is 10.9 Å². The fraction of sp³-hybridized carbons (Fsp3) is 0.133. The van der Waals surface area contributed by atoms with Crippen molar-refractivity contribution in [3.05, 3.63) is 64.2 Å². The summed E-state index contributed by atoms with van der Waals surface area (Å²) in [6, 6.07) is 13.2. The molecule has 1 N–H and O–H groups in total. The molecule has 6 nitrogen and oxygen atoms in total. The molecule has 0 bridgehead atoms. The maximum atomic E-state index is 11.7. The lowest BCUT2D eigenvalue weighted by atomic mass is 10.2. The van der Waals surface area contributed by atoms with Gasteiger partial charge >= 0.3 is 5.97 Å². The largest absolute Gasteiger partial charge is 0.462 e. The zero-order chi connectivity index (χ0) is 15.9. The van der Waals surface area contributed by atoms with Crippen molar-refractivity contribution in [3.8, 4) is 0 Å². The molecule has 2 rings (SSSR count). The second-order valence-corrected chi connectivity index (χ2v) is 5.08. The Kier molecular flexibility index (Phi) is 5.37. The third-order valence-corrected chi connectivity index (χ3v) is 3.62. The van der Waals surface area contributed by atoms with Crippen molar-refractivity contribution in [2.75, 3.05) is 11.3 Å². The van der Waals surface area contributed by atoms with Crippen LogP contribution in [0.2, 0.25) is 0 Å². The Labute approximate surface area is 131 Å². The number of ether oxygens (including phenoxy) is 1. The lowest BCUT2D eigenvalue weighted by Gasteiger charge is -2.07. The molecule has 0 aliphatic carbocycles. The summed E-state index contributed by atoms with van der Waals surface area (Å²) in [5.41, 5.74) is 1.12. The third-order valence-electron chi connectivity index (χ3n) is 2.71. The van der Waals surface area contributed by atoms with Gasteiger partial charge in [0.1, 0.15) is 4.90 Å². The van der Waals surface area contributed by atoms with Crippen LogP contribution in [0.3, 0.4) is 0 Å². The highest BCUT2D eigenvalue weighted by Crippen LogP contribution is 2.29. The minimum Gasteiger partial charge on any atom is -0.462 e. The summed E-state index contributed by atoms with van der Waals surface area (Å²) in [6.07, 6.45) is 0. The van der Waals surface area contributed by atoms with Crippen molar-refractivity contribution >= 4 is 29.3 Å². The van der Waals surface area contributed by atoms with E-state index in [2.05, 4.69) is 4.72 Å². The van der Waals surface area contributed by atoms with Gasteiger partial charge in [-0.05, 0) is 43.1 Å². The summed E-state index contributed by atoms with van der Waals surface area (Å²) < 4.78 is 7.93. The summed E-state index contributed by atoms with van der Waals surface area (Å²) in [7, 11) is 0. The first kappa shape index (κ1) is 15.8. The number of nitrogens with zero attached hydrogens (tertiary/aromatic N) is 1. The summed E-state index contributed by atoms with van der Waals surface area (Å²) >= 11 is 1.12. The summed E-state index contributed by atoms with van der Waals surface area (Å²) in [6.45, 7) is 2.05. The average molecular weight is 318 g/mol. The van der Waals surface area contributed by atoms with E-state index in [1.165, 1.54) is 6.07 Å². The van der Waals surface area contributed by atoms with Crippen molar-refractivity contribution in [2.45, 2.75) is 11.8 Å². The molecule has 114 valence electrons. The van der Waals surface area contributed by atoms with Gasteiger partial charge in [0.15, 0.2) is 0 Å². The minimum atomic E-state index is -0.431. The maximum absolute atomic E-state index is 11.7. The number of hydrogen-bond donors (Lipinski definition) is 1. The van der Waals surface area contributed by atoms with Crippen molar-refractivity contribution in [3.63, 3.8) is 0 Å². The van der Waals surface area contributed by atoms with E-state index in [1.807, 2.05) is 0 Å². The Balaban J connectivity index is 2.11. The van der Waals surface area contributed by atoms with Crippen LogP contribution in [-0.2, 0) is 4.74 Å². The SMILES string of the molecule is CCOC(=O)c1cccc(NSc2ccccc2[N+](=O)[O-])c1.